The van der Waals surface area contributed by atoms with Gasteiger partial charge in [0.15, 0.2) is 0 Å². The molecule has 0 heterocycles. The normalized spacial score (nSPS) is 12.0. The molecule has 37 heteroatoms. The molecule has 0 spiro atoms. The zero-order valence-electron chi connectivity index (χ0n) is 38.2. The Morgan fingerprint density at radius 2 is 0.165 bits per heavy atom. The molecule has 0 atom stereocenters. The minimum atomic E-state index is -11.4. The van der Waals surface area contributed by atoms with E-state index >= 15 is 105 Å². The molecule has 85 heavy (non-hydrogen) atoms. The third-order valence-corrected chi connectivity index (χ3v) is 24.3. The average Bonchev–Trinajstić information content (AvgIpc) is 0.726. The molecule has 8 aromatic carbocycles. The predicted molar refractivity (Wildman–Crippen MR) is 210 cm³/mol. The fourth-order valence-corrected chi connectivity index (χ4v) is 21.3. The van der Waals surface area contributed by atoms with Crippen molar-refractivity contribution in [2.45, 2.75) is 0 Å². The summed E-state index contributed by atoms with van der Waals surface area (Å²) in [5, 5.41) is 0. The maximum absolute atomic E-state index is 17.4. The maximum atomic E-state index is 17.4. The van der Waals surface area contributed by atoms with Gasteiger partial charge in [0.2, 0.25) is 0 Å². The van der Waals surface area contributed by atoms with Crippen molar-refractivity contribution in [3.63, 3.8) is 0 Å². The fraction of sp³-hybridized carbons (Fsp3) is 0. The summed E-state index contributed by atoms with van der Waals surface area (Å²) in [4.78, 5) is 0. The molecule has 448 valence electrons. The summed E-state index contributed by atoms with van der Waals surface area (Å²) >= 11 is -11.4. The summed E-state index contributed by atoms with van der Waals surface area (Å²) in [6, 6.07) is 0. The zero-order chi connectivity index (χ0) is 64.2. The van der Waals surface area contributed by atoms with Crippen LogP contribution in [0.4, 0.5) is 158 Å². The molecule has 0 aliphatic heterocycles. The Bertz CT molecular complexity index is 3590. The van der Waals surface area contributed by atoms with Crippen molar-refractivity contribution in [1.29, 1.82) is 0 Å². The van der Waals surface area contributed by atoms with Gasteiger partial charge in [-0.3, -0.25) is 0 Å². The average molecular weight is 1330 g/mol. The molecular weight excluding hydrogens is 1330 g/mol. The first kappa shape index (κ1) is 62.9. The van der Waals surface area contributed by atoms with Crippen LogP contribution in [0.25, 0.3) is 44.5 Å². The van der Waals surface area contributed by atoms with E-state index in [0.717, 1.165) is 0 Å². The summed E-state index contributed by atoms with van der Waals surface area (Å²) in [5.74, 6) is -141. The summed E-state index contributed by atoms with van der Waals surface area (Å²) in [6.07, 6.45) is 0. The van der Waals surface area contributed by atoms with Crippen molar-refractivity contribution < 1.29 is 158 Å². The molecule has 0 radical (unpaired) electrons. The second-order valence-corrected chi connectivity index (χ2v) is 25.3. The molecule has 0 aromatic heterocycles. The number of rotatable bonds is 8. The topological polar surface area (TPSA) is 0 Å². The quantitative estimate of drug-likeness (QED) is 0.0616. The third kappa shape index (κ3) is 8.26. The second-order valence-electron chi connectivity index (χ2n) is 16.8. The van der Waals surface area contributed by atoms with Gasteiger partial charge in [0.25, 0.3) is 0 Å². The van der Waals surface area contributed by atoms with E-state index in [1.54, 1.807) is 0 Å². The van der Waals surface area contributed by atoms with Crippen molar-refractivity contribution >= 4 is 31.5 Å². The molecule has 0 fully saturated rings. The molecule has 0 aliphatic carbocycles. The standard InChI is InChI=1S/4C12F9.Ga/c4*13-2-1-3(14)7(16)4(6(2)15)5-8(17)10(19)12(21)11(20)9(5)18;/q;;;;-1. The first-order valence-electron chi connectivity index (χ1n) is 21.0. The molecule has 0 amide bonds. The molecule has 0 saturated carbocycles. The van der Waals surface area contributed by atoms with Gasteiger partial charge >= 0.3 is 443 Å². The number of halogens is 36. The summed E-state index contributed by atoms with van der Waals surface area (Å²) < 4.78 is 549. The van der Waals surface area contributed by atoms with Crippen molar-refractivity contribution in [3.05, 3.63) is 209 Å². The molecule has 0 saturated heterocycles. The summed E-state index contributed by atoms with van der Waals surface area (Å²) in [7, 11) is 0. The van der Waals surface area contributed by atoms with Crippen LogP contribution in [0.15, 0.2) is 0 Å². The van der Waals surface area contributed by atoms with E-state index in [2.05, 4.69) is 0 Å². The Kier molecular flexibility index (Phi) is 15.6. The van der Waals surface area contributed by atoms with Crippen molar-refractivity contribution in [2.75, 3.05) is 0 Å². The van der Waals surface area contributed by atoms with Gasteiger partial charge in [0, 0.05) is 0 Å². The SMILES string of the molecule is Fc1c(F)c(F)c(-c2c(F)c(F)[c]([Ga-]([c]3c(F)c(F)c(-c4c(F)c(F)c(F)c(F)c4F)c(F)c3F)([c]3c(F)c(F)c(-c4c(F)c(F)c(F)c(F)c4F)c(F)c3F)[c]3c(F)c(F)c(-c4c(F)c(F)c(F)c(F)c4F)c(F)c3F)c(F)c2F)c(F)c1F. The molecular formula is C48F36Ga-. The Labute approximate surface area is 442 Å². The molecule has 0 unspecified atom stereocenters. The van der Waals surface area contributed by atoms with Gasteiger partial charge in [0.05, 0.1) is 0 Å². The van der Waals surface area contributed by atoms with E-state index in [-0.39, 0.29) is 0 Å². The van der Waals surface area contributed by atoms with Gasteiger partial charge in [-0.2, -0.15) is 0 Å². The van der Waals surface area contributed by atoms with E-state index in [1.165, 1.54) is 0 Å². The van der Waals surface area contributed by atoms with E-state index in [4.69, 9.17) is 0 Å². The zero-order valence-corrected chi connectivity index (χ0v) is 40.6. The second kappa shape index (κ2) is 21.1. The first-order valence-corrected chi connectivity index (χ1v) is 25.8. The fourth-order valence-electron chi connectivity index (χ4n) is 9.16. The number of hydrogen-bond donors (Lipinski definition) is 0. The molecule has 0 nitrogen and oxygen atoms in total. The van der Waals surface area contributed by atoms with Gasteiger partial charge in [-0.25, -0.2) is 0 Å². The monoisotopic (exact) mass is 1330 g/mol. The summed E-state index contributed by atoms with van der Waals surface area (Å²) in [6.45, 7) is 0. The summed E-state index contributed by atoms with van der Waals surface area (Å²) in [5.41, 5.74) is -28.0. The van der Waals surface area contributed by atoms with Gasteiger partial charge < -0.3 is 0 Å². The van der Waals surface area contributed by atoms with Crippen LogP contribution in [0.2, 0.25) is 0 Å². The van der Waals surface area contributed by atoms with E-state index < -0.39 is 285 Å². The van der Waals surface area contributed by atoms with Crippen LogP contribution in [0.5, 0.6) is 0 Å². The molecule has 0 N–H and O–H groups in total. The van der Waals surface area contributed by atoms with Crippen LogP contribution in [0.1, 0.15) is 0 Å². The number of benzene rings is 8. The van der Waals surface area contributed by atoms with E-state index in [0.29, 0.717) is 0 Å². The van der Waals surface area contributed by atoms with Gasteiger partial charge in [-0.05, 0) is 0 Å². The van der Waals surface area contributed by atoms with E-state index in [1.807, 2.05) is 0 Å². The Balaban J connectivity index is 1.80. The van der Waals surface area contributed by atoms with Gasteiger partial charge in [0.1, 0.15) is 0 Å². The number of hydrogen-bond acceptors (Lipinski definition) is 0. The molecule has 8 aromatic rings. The Morgan fingerprint density at radius 3 is 0.259 bits per heavy atom. The Morgan fingerprint density at radius 1 is 0.0941 bits per heavy atom. The van der Waals surface area contributed by atoms with Gasteiger partial charge in [-0.1, -0.05) is 0 Å². The van der Waals surface area contributed by atoms with E-state index in [9.17, 15) is 52.7 Å². The predicted octanol–water partition coefficient (Wildman–Crippen LogP) is 14.7. The van der Waals surface area contributed by atoms with Crippen LogP contribution in [0, 0.1) is 209 Å². The first-order chi connectivity index (χ1) is 39.3. The van der Waals surface area contributed by atoms with Gasteiger partial charge in [-0.15, -0.1) is 0 Å². The van der Waals surface area contributed by atoms with Crippen LogP contribution >= 0.6 is 0 Å². The van der Waals surface area contributed by atoms with Crippen molar-refractivity contribution in [3.8, 4) is 44.5 Å². The van der Waals surface area contributed by atoms with Crippen LogP contribution in [0.3, 0.4) is 0 Å². The van der Waals surface area contributed by atoms with Crippen molar-refractivity contribution in [2.24, 2.45) is 0 Å². The van der Waals surface area contributed by atoms with Crippen LogP contribution in [-0.4, -0.2) is 15.0 Å². The third-order valence-electron chi connectivity index (χ3n) is 12.8. The Hall–Kier alpha value is -8.12. The molecule has 0 bridgehead atoms. The van der Waals surface area contributed by atoms with Crippen molar-refractivity contribution in [1.82, 2.24) is 0 Å². The minimum absolute atomic E-state index is 3.38. The molecule has 0 aliphatic rings. The van der Waals surface area contributed by atoms with Crippen LogP contribution in [-0.2, 0) is 0 Å². The molecule has 8 rings (SSSR count). The van der Waals surface area contributed by atoms with Crippen LogP contribution < -0.4 is 16.5 Å².